The van der Waals surface area contributed by atoms with Gasteiger partial charge in [0.05, 0.1) is 0 Å². The summed E-state index contributed by atoms with van der Waals surface area (Å²) in [7, 11) is 0. The van der Waals surface area contributed by atoms with Gasteiger partial charge in [-0.1, -0.05) is 6.92 Å². The molecule has 5 heteroatoms. The third-order valence-electron chi connectivity index (χ3n) is 2.77. The van der Waals surface area contributed by atoms with E-state index in [4.69, 9.17) is 4.74 Å². The Morgan fingerprint density at radius 1 is 1.25 bits per heavy atom. The van der Waals surface area contributed by atoms with E-state index < -0.39 is 11.6 Å². The number of rotatable bonds is 5. The minimum atomic E-state index is -0.621. The highest BCUT2D eigenvalue weighted by molar-refractivity contribution is 5.34. The SMILES string of the molecule is CCNCc1cnc(Oc2cc(F)ccc2F)c(C)c1. The Bertz CT molecular complexity index is 602. The summed E-state index contributed by atoms with van der Waals surface area (Å²) in [4.78, 5) is 4.15. The fraction of sp³-hybridized carbons (Fsp3) is 0.267. The molecule has 106 valence electrons. The first-order valence-corrected chi connectivity index (χ1v) is 6.39. The number of hydrogen-bond acceptors (Lipinski definition) is 3. The van der Waals surface area contributed by atoms with Crippen LogP contribution in [0.3, 0.4) is 0 Å². The van der Waals surface area contributed by atoms with E-state index in [1.165, 1.54) is 0 Å². The Morgan fingerprint density at radius 2 is 2.05 bits per heavy atom. The molecular weight excluding hydrogens is 262 g/mol. The maximum Gasteiger partial charge on any atom is 0.222 e. The van der Waals surface area contributed by atoms with Crippen molar-refractivity contribution in [1.29, 1.82) is 0 Å². The molecule has 0 saturated carbocycles. The van der Waals surface area contributed by atoms with Crippen LogP contribution in [0.1, 0.15) is 18.1 Å². The number of hydrogen-bond donors (Lipinski definition) is 1. The average Bonchev–Trinajstić information content (AvgIpc) is 2.43. The van der Waals surface area contributed by atoms with Crippen LogP contribution in [0.25, 0.3) is 0 Å². The predicted molar refractivity (Wildman–Crippen MR) is 72.8 cm³/mol. The van der Waals surface area contributed by atoms with E-state index in [1.807, 2.05) is 19.9 Å². The normalized spacial score (nSPS) is 10.6. The van der Waals surface area contributed by atoms with E-state index in [0.717, 1.165) is 35.9 Å². The van der Waals surface area contributed by atoms with Crippen LogP contribution in [0, 0.1) is 18.6 Å². The van der Waals surface area contributed by atoms with Crippen LogP contribution < -0.4 is 10.1 Å². The molecule has 0 saturated heterocycles. The number of benzene rings is 1. The molecule has 0 fully saturated rings. The smallest absolute Gasteiger partial charge is 0.222 e. The molecule has 0 aliphatic rings. The molecule has 2 rings (SSSR count). The fourth-order valence-electron chi connectivity index (χ4n) is 1.75. The second-order valence-corrected chi connectivity index (χ2v) is 4.42. The summed E-state index contributed by atoms with van der Waals surface area (Å²) in [5.41, 5.74) is 1.78. The van der Waals surface area contributed by atoms with Gasteiger partial charge in [-0.05, 0) is 37.2 Å². The van der Waals surface area contributed by atoms with Gasteiger partial charge >= 0.3 is 0 Å². The third kappa shape index (κ3) is 3.51. The summed E-state index contributed by atoms with van der Waals surface area (Å²) < 4.78 is 31.9. The summed E-state index contributed by atoms with van der Waals surface area (Å²) in [6, 6.07) is 4.98. The molecule has 0 atom stereocenters. The highest BCUT2D eigenvalue weighted by atomic mass is 19.1. The van der Waals surface area contributed by atoms with Crippen LogP contribution in [-0.2, 0) is 6.54 Å². The lowest BCUT2D eigenvalue weighted by atomic mass is 10.2. The van der Waals surface area contributed by atoms with E-state index in [1.54, 1.807) is 6.20 Å². The van der Waals surface area contributed by atoms with Gasteiger partial charge in [-0.3, -0.25) is 0 Å². The highest BCUT2D eigenvalue weighted by Gasteiger charge is 2.09. The number of pyridine rings is 1. The second-order valence-electron chi connectivity index (χ2n) is 4.42. The molecule has 0 aliphatic carbocycles. The van der Waals surface area contributed by atoms with Crippen molar-refractivity contribution < 1.29 is 13.5 Å². The van der Waals surface area contributed by atoms with E-state index in [9.17, 15) is 8.78 Å². The average molecular weight is 278 g/mol. The molecule has 1 heterocycles. The molecule has 20 heavy (non-hydrogen) atoms. The maximum atomic E-state index is 13.5. The minimum Gasteiger partial charge on any atom is -0.436 e. The molecule has 0 spiro atoms. The van der Waals surface area contributed by atoms with E-state index in [0.29, 0.717) is 6.54 Å². The summed E-state index contributed by atoms with van der Waals surface area (Å²) in [5, 5.41) is 3.19. The second kappa shape index (κ2) is 6.43. The molecule has 1 aromatic carbocycles. The molecule has 0 amide bonds. The Hall–Kier alpha value is -2.01. The van der Waals surface area contributed by atoms with E-state index >= 15 is 0 Å². The number of ether oxygens (including phenoxy) is 1. The van der Waals surface area contributed by atoms with E-state index in [2.05, 4.69) is 10.3 Å². The van der Waals surface area contributed by atoms with Gasteiger partial charge in [-0.15, -0.1) is 0 Å². The quantitative estimate of drug-likeness (QED) is 0.908. The Kier molecular flexibility index (Phi) is 4.63. The van der Waals surface area contributed by atoms with Crippen molar-refractivity contribution >= 4 is 0 Å². The van der Waals surface area contributed by atoms with Gasteiger partial charge in [0.25, 0.3) is 0 Å². The van der Waals surface area contributed by atoms with Gasteiger partial charge in [0.2, 0.25) is 5.88 Å². The number of nitrogens with zero attached hydrogens (tertiary/aromatic N) is 1. The van der Waals surface area contributed by atoms with Gasteiger partial charge in [-0.25, -0.2) is 13.8 Å². The van der Waals surface area contributed by atoms with Crippen LogP contribution in [0.4, 0.5) is 8.78 Å². The maximum absolute atomic E-state index is 13.5. The standard InChI is InChI=1S/C15H16F2N2O/c1-3-18-8-11-6-10(2)15(19-9-11)20-14-7-12(16)4-5-13(14)17/h4-7,9,18H,3,8H2,1-2H3. The molecule has 0 aliphatic heterocycles. The lowest BCUT2D eigenvalue weighted by Crippen LogP contribution is -2.12. The Morgan fingerprint density at radius 3 is 2.75 bits per heavy atom. The van der Waals surface area contributed by atoms with Crippen LogP contribution in [0.15, 0.2) is 30.5 Å². The first-order valence-electron chi connectivity index (χ1n) is 6.39. The summed E-state index contributed by atoms with van der Waals surface area (Å²) in [6.45, 7) is 5.41. The molecule has 0 radical (unpaired) electrons. The largest absolute Gasteiger partial charge is 0.436 e. The Labute approximate surface area is 116 Å². The van der Waals surface area contributed by atoms with Gasteiger partial charge in [0, 0.05) is 24.4 Å². The summed E-state index contributed by atoms with van der Waals surface area (Å²) >= 11 is 0. The summed E-state index contributed by atoms with van der Waals surface area (Å²) in [5.74, 6) is -1.07. The number of aryl methyl sites for hydroxylation is 1. The van der Waals surface area contributed by atoms with Crippen LogP contribution in [0.5, 0.6) is 11.6 Å². The number of aromatic nitrogens is 1. The number of halogens is 2. The zero-order valence-corrected chi connectivity index (χ0v) is 11.4. The van der Waals surface area contributed by atoms with Gasteiger partial charge < -0.3 is 10.1 Å². The van der Waals surface area contributed by atoms with Crippen LogP contribution >= 0.6 is 0 Å². The molecule has 1 N–H and O–H groups in total. The Balaban J connectivity index is 2.19. The fourth-order valence-corrected chi connectivity index (χ4v) is 1.75. The first kappa shape index (κ1) is 14.4. The van der Waals surface area contributed by atoms with Gasteiger partial charge in [0.1, 0.15) is 5.82 Å². The van der Waals surface area contributed by atoms with E-state index in [-0.39, 0.29) is 11.6 Å². The lowest BCUT2D eigenvalue weighted by molar-refractivity contribution is 0.419. The molecular formula is C15H16F2N2O. The van der Waals surface area contributed by atoms with Crippen molar-refractivity contribution in [3.63, 3.8) is 0 Å². The van der Waals surface area contributed by atoms with Crippen LogP contribution in [-0.4, -0.2) is 11.5 Å². The van der Waals surface area contributed by atoms with Crippen molar-refractivity contribution in [3.8, 4) is 11.6 Å². The van der Waals surface area contributed by atoms with Gasteiger partial charge in [-0.2, -0.15) is 0 Å². The minimum absolute atomic E-state index is 0.167. The van der Waals surface area contributed by atoms with Crippen molar-refractivity contribution in [3.05, 3.63) is 53.2 Å². The molecule has 1 aromatic heterocycles. The van der Waals surface area contributed by atoms with Gasteiger partial charge in [0.15, 0.2) is 11.6 Å². The third-order valence-corrected chi connectivity index (χ3v) is 2.77. The predicted octanol–water partition coefficient (Wildman–Crippen LogP) is 3.57. The lowest BCUT2D eigenvalue weighted by Gasteiger charge is -2.10. The monoisotopic (exact) mass is 278 g/mol. The van der Waals surface area contributed by atoms with Crippen molar-refractivity contribution in [1.82, 2.24) is 10.3 Å². The van der Waals surface area contributed by atoms with Crippen molar-refractivity contribution in [2.24, 2.45) is 0 Å². The zero-order valence-electron chi connectivity index (χ0n) is 11.4. The molecule has 2 aromatic rings. The van der Waals surface area contributed by atoms with Crippen molar-refractivity contribution in [2.75, 3.05) is 6.54 Å². The zero-order chi connectivity index (χ0) is 14.5. The highest BCUT2D eigenvalue weighted by Crippen LogP contribution is 2.26. The summed E-state index contributed by atoms with van der Waals surface area (Å²) in [6.07, 6.45) is 1.65. The van der Waals surface area contributed by atoms with Crippen molar-refractivity contribution in [2.45, 2.75) is 20.4 Å². The molecule has 3 nitrogen and oxygen atoms in total. The molecule has 0 unspecified atom stereocenters. The first-order chi connectivity index (χ1) is 9.60. The van der Waals surface area contributed by atoms with Crippen LogP contribution in [0.2, 0.25) is 0 Å². The number of nitrogens with one attached hydrogen (secondary N) is 1. The molecule has 0 bridgehead atoms. The topological polar surface area (TPSA) is 34.2 Å².